The molecule has 5 aromatic rings. The van der Waals surface area contributed by atoms with Gasteiger partial charge >= 0.3 is 0 Å². The van der Waals surface area contributed by atoms with Gasteiger partial charge in [0.2, 0.25) is 17.8 Å². The number of aromatic carboxylic acids is 1. The second-order valence-corrected chi connectivity index (χ2v) is 7.73. The number of carbonyl (C=O) groups excluding carboxylic acids is 1. The lowest BCUT2D eigenvalue weighted by molar-refractivity contribution is -0.255. The highest BCUT2D eigenvalue weighted by Crippen LogP contribution is 2.23. The Morgan fingerprint density at radius 2 is 1.38 bits per heavy atom. The highest BCUT2D eigenvalue weighted by Gasteiger charge is 2.08. The maximum Gasteiger partial charge on any atom is 0.250 e. The van der Waals surface area contributed by atoms with Crippen molar-refractivity contribution in [2.45, 2.75) is 0 Å². The summed E-state index contributed by atoms with van der Waals surface area (Å²) in [6.45, 7) is 0. The van der Waals surface area contributed by atoms with Crippen molar-refractivity contribution in [3.8, 4) is 11.3 Å². The van der Waals surface area contributed by atoms with Gasteiger partial charge in [0.15, 0.2) is 0 Å². The van der Waals surface area contributed by atoms with E-state index in [-0.39, 0.29) is 11.5 Å². The molecule has 2 aromatic heterocycles. The quantitative estimate of drug-likeness (QED) is 0.202. The lowest BCUT2D eigenvalue weighted by Crippen LogP contribution is -2.22. The van der Waals surface area contributed by atoms with Gasteiger partial charge in [-0.1, -0.05) is 54.6 Å². The number of nitrogens with one attached hydrogen (secondary N) is 3. The zero-order chi connectivity index (χ0) is 25.5. The molecule has 0 radical (unpaired) electrons. The minimum atomic E-state index is -1.25. The third-order valence-corrected chi connectivity index (χ3v) is 5.06. The van der Waals surface area contributed by atoms with Gasteiger partial charge in [-0.05, 0) is 48.0 Å². The standard InChI is InChI=1S/C27H21N7O3/c35-24(36)19-9-7-8-18(16-19)23-15-14-22(37-23)17-28-34-27-32-25(29-20-10-3-1-4-11-20)31-26(33-27)30-21-12-5-2-6-13-21/h1-17H,(H,35,36)(H3,29,30,31,32,33,34)/p-1/b28-17-. The van der Waals surface area contributed by atoms with Gasteiger partial charge < -0.3 is 25.0 Å². The van der Waals surface area contributed by atoms with Gasteiger partial charge in [0.1, 0.15) is 11.5 Å². The predicted octanol–water partition coefficient (Wildman–Crippen LogP) is 4.43. The number of nitrogens with zero attached hydrogens (tertiary/aromatic N) is 4. The largest absolute Gasteiger partial charge is 0.545 e. The predicted molar refractivity (Wildman–Crippen MR) is 139 cm³/mol. The molecule has 0 atom stereocenters. The number of benzene rings is 3. The van der Waals surface area contributed by atoms with E-state index in [2.05, 4.69) is 36.1 Å². The van der Waals surface area contributed by atoms with Crippen molar-refractivity contribution in [2.75, 3.05) is 16.1 Å². The van der Waals surface area contributed by atoms with Gasteiger partial charge in [0.05, 0.1) is 12.2 Å². The van der Waals surface area contributed by atoms with Crippen molar-refractivity contribution in [1.29, 1.82) is 0 Å². The summed E-state index contributed by atoms with van der Waals surface area (Å²) in [5, 5.41) is 21.6. The summed E-state index contributed by atoms with van der Waals surface area (Å²) in [4.78, 5) is 24.3. The van der Waals surface area contributed by atoms with Crippen LogP contribution in [0.3, 0.4) is 0 Å². The van der Waals surface area contributed by atoms with Crippen molar-refractivity contribution in [3.05, 3.63) is 108 Å². The van der Waals surface area contributed by atoms with Crippen LogP contribution in [0.5, 0.6) is 0 Å². The number of rotatable bonds is 9. The summed E-state index contributed by atoms with van der Waals surface area (Å²) in [6.07, 6.45) is 1.46. The highest BCUT2D eigenvalue weighted by molar-refractivity contribution is 5.87. The number of carboxylic acid groups (broad SMARTS) is 1. The van der Waals surface area contributed by atoms with E-state index in [0.717, 1.165) is 11.4 Å². The minimum absolute atomic E-state index is 0.0699. The Morgan fingerprint density at radius 1 is 0.757 bits per heavy atom. The summed E-state index contributed by atoms with van der Waals surface area (Å²) in [5.74, 6) is 0.542. The first-order valence-electron chi connectivity index (χ1n) is 11.2. The molecule has 0 fully saturated rings. The van der Waals surface area contributed by atoms with E-state index in [1.165, 1.54) is 18.3 Å². The number of aromatic nitrogens is 3. The van der Waals surface area contributed by atoms with Crippen LogP contribution >= 0.6 is 0 Å². The molecule has 0 amide bonds. The van der Waals surface area contributed by atoms with Gasteiger partial charge in [0, 0.05) is 16.9 Å². The lowest BCUT2D eigenvalue weighted by atomic mass is 10.1. The zero-order valence-corrected chi connectivity index (χ0v) is 19.3. The third-order valence-electron chi connectivity index (χ3n) is 5.06. The second kappa shape index (κ2) is 10.8. The Morgan fingerprint density at radius 3 is 2.00 bits per heavy atom. The summed E-state index contributed by atoms with van der Waals surface area (Å²) < 4.78 is 5.77. The van der Waals surface area contributed by atoms with E-state index in [4.69, 9.17) is 4.42 Å². The fourth-order valence-electron chi connectivity index (χ4n) is 3.37. The van der Waals surface area contributed by atoms with Gasteiger partial charge in [-0.25, -0.2) is 5.43 Å². The van der Waals surface area contributed by atoms with Crippen LogP contribution < -0.4 is 21.2 Å². The molecule has 37 heavy (non-hydrogen) atoms. The van der Waals surface area contributed by atoms with Gasteiger partial charge in [-0.2, -0.15) is 20.1 Å². The van der Waals surface area contributed by atoms with Crippen molar-refractivity contribution >= 4 is 41.4 Å². The van der Waals surface area contributed by atoms with Gasteiger partial charge in [-0.15, -0.1) is 0 Å². The fraction of sp³-hybridized carbons (Fsp3) is 0. The molecule has 0 aliphatic carbocycles. The molecule has 0 spiro atoms. The Balaban J connectivity index is 1.34. The number of hydrogen-bond donors (Lipinski definition) is 3. The average Bonchev–Trinajstić information content (AvgIpc) is 3.39. The van der Waals surface area contributed by atoms with E-state index in [1.54, 1.807) is 24.3 Å². The first-order chi connectivity index (χ1) is 18.1. The van der Waals surface area contributed by atoms with E-state index in [9.17, 15) is 9.90 Å². The number of carboxylic acids is 1. The molecular formula is C27H20N7O3-. The summed E-state index contributed by atoms with van der Waals surface area (Å²) in [6, 6.07) is 28.8. The maximum atomic E-state index is 11.1. The number of hydrogen-bond acceptors (Lipinski definition) is 10. The molecular weight excluding hydrogens is 470 g/mol. The van der Waals surface area contributed by atoms with Crippen LogP contribution in [0.4, 0.5) is 29.2 Å². The highest BCUT2D eigenvalue weighted by atomic mass is 16.4. The molecule has 0 saturated carbocycles. The molecule has 10 heteroatoms. The Hall–Kier alpha value is -5.51. The molecule has 2 heterocycles. The van der Waals surface area contributed by atoms with E-state index in [0.29, 0.717) is 29.0 Å². The van der Waals surface area contributed by atoms with Gasteiger partial charge in [0.25, 0.3) is 0 Å². The topological polar surface area (TPSA) is 140 Å². The Bertz CT molecular complexity index is 1480. The number of para-hydroxylation sites is 2. The number of anilines is 5. The van der Waals surface area contributed by atoms with E-state index >= 15 is 0 Å². The van der Waals surface area contributed by atoms with Crippen LogP contribution in [-0.2, 0) is 0 Å². The molecule has 0 aliphatic heterocycles. The molecule has 0 bridgehead atoms. The molecule has 10 nitrogen and oxygen atoms in total. The first kappa shape index (κ1) is 23.2. The third kappa shape index (κ3) is 6.14. The number of furan rings is 1. The Labute approximate surface area is 211 Å². The lowest BCUT2D eigenvalue weighted by Gasteiger charge is -2.10. The summed E-state index contributed by atoms with van der Waals surface area (Å²) in [7, 11) is 0. The van der Waals surface area contributed by atoms with Gasteiger partial charge in [-0.3, -0.25) is 0 Å². The SMILES string of the molecule is O=C([O-])c1cccc(-c2ccc(/C=N\Nc3nc(Nc4ccccc4)nc(Nc4ccccc4)n3)o2)c1. The van der Waals surface area contributed by atoms with Crippen LogP contribution in [0, 0.1) is 0 Å². The smallest absolute Gasteiger partial charge is 0.250 e. The van der Waals surface area contributed by atoms with Crippen molar-refractivity contribution in [3.63, 3.8) is 0 Å². The molecule has 0 aliphatic rings. The summed E-state index contributed by atoms with van der Waals surface area (Å²) in [5.41, 5.74) is 5.12. The average molecular weight is 491 g/mol. The molecule has 3 N–H and O–H groups in total. The molecule has 182 valence electrons. The number of hydrazone groups is 1. The molecule has 0 unspecified atom stereocenters. The molecule has 3 aromatic carbocycles. The monoisotopic (exact) mass is 490 g/mol. The van der Waals surface area contributed by atoms with Crippen molar-refractivity contribution < 1.29 is 14.3 Å². The second-order valence-electron chi connectivity index (χ2n) is 7.73. The molecule has 5 rings (SSSR count). The maximum absolute atomic E-state index is 11.1. The van der Waals surface area contributed by atoms with Crippen molar-refractivity contribution in [1.82, 2.24) is 15.0 Å². The van der Waals surface area contributed by atoms with Crippen LogP contribution in [-0.4, -0.2) is 27.1 Å². The zero-order valence-electron chi connectivity index (χ0n) is 19.3. The van der Waals surface area contributed by atoms with E-state index in [1.807, 2.05) is 60.7 Å². The van der Waals surface area contributed by atoms with Crippen LogP contribution in [0.1, 0.15) is 16.1 Å². The van der Waals surface area contributed by atoms with Crippen LogP contribution in [0.2, 0.25) is 0 Å². The number of carbonyl (C=O) groups is 1. The fourth-order valence-corrected chi connectivity index (χ4v) is 3.37. The van der Waals surface area contributed by atoms with Crippen LogP contribution in [0.25, 0.3) is 11.3 Å². The summed E-state index contributed by atoms with van der Waals surface area (Å²) >= 11 is 0. The minimum Gasteiger partial charge on any atom is -0.545 e. The normalized spacial score (nSPS) is 10.8. The van der Waals surface area contributed by atoms with Crippen molar-refractivity contribution in [2.24, 2.45) is 5.10 Å². The first-order valence-corrected chi connectivity index (χ1v) is 11.2. The Kier molecular flexibility index (Phi) is 6.80. The van der Waals surface area contributed by atoms with E-state index < -0.39 is 5.97 Å². The van der Waals surface area contributed by atoms with Crippen LogP contribution in [0.15, 0.2) is 107 Å². The molecule has 0 saturated heterocycles.